The Labute approximate surface area is 116 Å². The molecule has 0 saturated heterocycles. The van der Waals surface area contributed by atoms with Crippen LogP contribution in [0.5, 0.6) is 0 Å². The van der Waals surface area contributed by atoms with E-state index in [2.05, 4.69) is 4.98 Å². The lowest BCUT2D eigenvalue weighted by Gasteiger charge is -2.10. The minimum absolute atomic E-state index is 0.248. The SMILES string of the molecule is CC(C)c1cc(/C=C/C(=O)O)c2cccc(Cl)c2n1. The molecule has 2 aromatic rings. The Bertz CT molecular complexity index is 662. The zero-order chi connectivity index (χ0) is 14.0. The predicted octanol–water partition coefficient (Wildman–Crippen LogP) is 4.11. The molecular weight excluding hydrogens is 262 g/mol. The van der Waals surface area contributed by atoms with E-state index >= 15 is 0 Å². The number of aromatic nitrogens is 1. The molecule has 0 aliphatic carbocycles. The third kappa shape index (κ3) is 2.93. The fourth-order valence-corrected chi connectivity index (χ4v) is 2.07. The van der Waals surface area contributed by atoms with Crippen LogP contribution in [-0.4, -0.2) is 16.1 Å². The second-order valence-corrected chi connectivity index (χ2v) is 5.01. The summed E-state index contributed by atoms with van der Waals surface area (Å²) in [6, 6.07) is 7.41. The van der Waals surface area contributed by atoms with Gasteiger partial charge in [-0.15, -0.1) is 0 Å². The van der Waals surface area contributed by atoms with E-state index in [-0.39, 0.29) is 5.92 Å². The number of carbonyl (C=O) groups is 1. The van der Waals surface area contributed by atoms with E-state index in [1.807, 2.05) is 32.0 Å². The van der Waals surface area contributed by atoms with Gasteiger partial charge in [0.15, 0.2) is 0 Å². The van der Waals surface area contributed by atoms with Crippen LogP contribution in [0.3, 0.4) is 0 Å². The van der Waals surface area contributed by atoms with E-state index in [1.54, 1.807) is 12.1 Å². The van der Waals surface area contributed by atoms with Crippen molar-refractivity contribution < 1.29 is 9.90 Å². The Kier molecular flexibility index (Phi) is 3.86. The Morgan fingerprint density at radius 1 is 1.42 bits per heavy atom. The summed E-state index contributed by atoms with van der Waals surface area (Å²) in [5.41, 5.74) is 2.42. The van der Waals surface area contributed by atoms with Gasteiger partial charge >= 0.3 is 5.97 Å². The Hall–Kier alpha value is -1.87. The molecule has 1 aromatic heterocycles. The number of fused-ring (bicyclic) bond motifs is 1. The molecule has 2 rings (SSSR count). The maximum atomic E-state index is 10.7. The highest BCUT2D eigenvalue weighted by Crippen LogP contribution is 2.28. The van der Waals surface area contributed by atoms with Crippen molar-refractivity contribution in [3.05, 3.63) is 46.6 Å². The fraction of sp³-hybridized carbons (Fsp3) is 0.200. The monoisotopic (exact) mass is 275 g/mol. The molecule has 0 aliphatic rings. The zero-order valence-corrected chi connectivity index (χ0v) is 11.5. The van der Waals surface area contributed by atoms with Gasteiger partial charge in [-0.1, -0.05) is 37.6 Å². The lowest BCUT2D eigenvalue weighted by Crippen LogP contribution is -1.96. The van der Waals surface area contributed by atoms with E-state index in [4.69, 9.17) is 16.7 Å². The van der Waals surface area contributed by atoms with Gasteiger partial charge in [0.2, 0.25) is 0 Å². The van der Waals surface area contributed by atoms with Crippen LogP contribution in [0, 0.1) is 0 Å². The first-order chi connectivity index (χ1) is 8.99. The lowest BCUT2D eigenvalue weighted by molar-refractivity contribution is -0.131. The third-order valence-electron chi connectivity index (χ3n) is 2.84. The molecule has 98 valence electrons. The first-order valence-electron chi connectivity index (χ1n) is 5.99. The number of halogens is 1. The van der Waals surface area contributed by atoms with Crippen molar-refractivity contribution in [3.8, 4) is 0 Å². The number of benzene rings is 1. The summed E-state index contributed by atoms with van der Waals surface area (Å²) in [5.74, 6) is -0.726. The predicted molar refractivity (Wildman–Crippen MR) is 77.5 cm³/mol. The van der Waals surface area contributed by atoms with Crippen molar-refractivity contribution in [2.75, 3.05) is 0 Å². The molecule has 1 heterocycles. The van der Waals surface area contributed by atoms with Crippen molar-refractivity contribution in [2.24, 2.45) is 0 Å². The molecule has 0 aliphatic heterocycles. The number of aliphatic carboxylic acids is 1. The van der Waals surface area contributed by atoms with Crippen molar-refractivity contribution in [1.82, 2.24) is 4.98 Å². The smallest absolute Gasteiger partial charge is 0.328 e. The lowest BCUT2D eigenvalue weighted by atomic mass is 10.0. The number of pyridine rings is 1. The number of nitrogens with zero attached hydrogens (tertiary/aromatic N) is 1. The minimum Gasteiger partial charge on any atom is -0.478 e. The van der Waals surface area contributed by atoms with Gasteiger partial charge in [-0.3, -0.25) is 4.98 Å². The number of carboxylic acids is 1. The van der Waals surface area contributed by atoms with Crippen LogP contribution in [0.4, 0.5) is 0 Å². The summed E-state index contributed by atoms with van der Waals surface area (Å²) in [5, 5.41) is 10.2. The van der Waals surface area contributed by atoms with Gasteiger partial charge in [0, 0.05) is 17.2 Å². The molecule has 0 amide bonds. The summed E-state index contributed by atoms with van der Waals surface area (Å²) in [4.78, 5) is 15.2. The maximum absolute atomic E-state index is 10.7. The van der Waals surface area contributed by atoms with Gasteiger partial charge in [-0.25, -0.2) is 4.79 Å². The maximum Gasteiger partial charge on any atom is 0.328 e. The van der Waals surface area contributed by atoms with E-state index < -0.39 is 5.97 Å². The molecule has 3 nitrogen and oxygen atoms in total. The molecule has 0 fully saturated rings. The molecular formula is C15H14ClNO2. The molecule has 4 heteroatoms. The van der Waals surface area contributed by atoms with Gasteiger partial charge in [0.25, 0.3) is 0 Å². The summed E-state index contributed by atoms with van der Waals surface area (Å²) in [6.45, 7) is 4.07. The highest BCUT2D eigenvalue weighted by atomic mass is 35.5. The standard InChI is InChI=1S/C15H14ClNO2/c1-9(2)13-8-10(6-7-14(18)19)11-4-3-5-12(16)15(11)17-13/h3-9H,1-2H3,(H,18,19)/b7-6+. The minimum atomic E-state index is -0.974. The summed E-state index contributed by atoms with van der Waals surface area (Å²) < 4.78 is 0. The number of carboxylic acid groups (broad SMARTS) is 1. The van der Waals surface area contributed by atoms with Crippen LogP contribution in [0.2, 0.25) is 5.02 Å². The first kappa shape index (κ1) is 13.6. The van der Waals surface area contributed by atoms with Crippen LogP contribution < -0.4 is 0 Å². The highest BCUT2D eigenvalue weighted by molar-refractivity contribution is 6.35. The van der Waals surface area contributed by atoms with Crippen molar-refractivity contribution in [2.45, 2.75) is 19.8 Å². The van der Waals surface area contributed by atoms with Gasteiger partial charge in [0.05, 0.1) is 10.5 Å². The number of para-hydroxylation sites is 1. The number of hydrogen-bond acceptors (Lipinski definition) is 2. The van der Waals surface area contributed by atoms with Gasteiger partial charge in [-0.05, 0) is 29.7 Å². The topological polar surface area (TPSA) is 50.2 Å². The Morgan fingerprint density at radius 2 is 2.16 bits per heavy atom. The second-order valence-electron chi connectivity index (χ2n) is 4.60. The molecule has 1 N–H and O–H groups in total. The highest BCUT2D eigenvalue weighted by Gasteiger charge is 2.09. The van der Waals surface area contributed by atoms with E-state index in [0.29, 0.717) is 10.5 Å². The molecule has 0 atom stereocenters. The fourth-order valence-electron chi connectivity index (χ4n) is 1.86. The molecule has 0 spiro atoms. The quantitative estimate of drug-likeness (QED) is 0.858. The molecule has 19 heavy (non-hydrogen) atoms. The van der Waals surface area contributed by atoms with Crippen LogP contribution in [-0.2, 0) is 4.79 Å². The molecule has 1 aromatic carbocycles. The normalized spacial score (nSPS) is 11.6. The molecule has 0 bridgehead atoms. The van der Waals surface area contributed by atoms with Crippen molar-refractivity contribution >= 4 is 34.5 Å². The van der Waals surface area contributed by atoms with Crippen LogP contribution >= 0.6 is 11.6 Å². The Balaban J connectivity index is 2.72. The summed E-state index contributed by atoms with van der Waals surface area (Å²) in [6.07, 6.45) is 2.70. The Morgan fingerprint density at radius 3 is 2.79 bits per heavy atom. The first-order valence-corrected chi connectivity index (χ1v) is 6.37. The average Bonchev–Trinajstić information content (AvgIpc) is 2.36. The van der Waals surface area contributed by atoms with Crippen LogP contribution in [0.1, 0.15) is 31.0 Å². The molecule has 0 radical (unpaired) electrons. The average molecular weight is 276 g/mol. The zero-order valence-electron chi connectivity index (χ0n) is 10.7. The number of rotatable bonds is 3. The van der Waals surface area contributed by atoms with E-state index in [0.717, 1.165) is 22.7 Å². The molecule has 0 saturated carbocycles. The third-order valence-corrected chi connectivity index (χ3v) is 3.14. The van der Waals surface area contributed by atoms with Gasteiger partial charge in [-0.2, -0.15) is 0 Å². The van der Waals surface area contributed by atoms with Crippen molar-refractivity contribution in [1.29, 1.82) is 0 Å². The van der Waals surface area contributed by atoms with Crippen molar-refractivity contribution in [3.63, 3.8) is 0 Å². The summed E-state index contributed by atoms with van der Waals surface area (Å²) in [7, 11) is 0. The summed E-state index contributed by atoms with van der Waals surface area (Å²) >= 11 is 6.17. The van der Waals surface area contributed by atoms with Gasteiger partial charge in [0.1, 0.15) is 0 Å². The van der Waals surface area contributed by atoms with E-state index in [9.17, 15) is 4.79 Å². The second kappa shape index (κ2) is 5.41. The number of hydrogen-bond donors (Lipinski definition) is 1. The molecule has 0 unspecified atom stereocenters. The van der Waals surface area contributed by atoms with Gasteiger partial charge < -0.3 is 5.11 Å². The largest absolute Gasteiger partial charge is 0.478 e. The van der Waals surface area contributed by atoms with Crippen LogP contribution in [0.25, 0.3) is 17.0 Å². The van der Waals surface area contributed by atoms with Crippen LogP contribution in [0.15, 0.2) is 30.3 Å². The van der Waals surface area contributed by atoms with E-state index in [1.165, 1.54) is 0 Å².